The molecule has 2 saturated heterocycles. The van der Waals surface area contributed by atoms with Gasteiger partial charge in [-0.1, -0.05) is 23.8 Å². The van der Waals surface area contributed by atoms with Crippen molar-refractivity contribution in [3.63, 3.8) is 0 Å². The summed E-state index contributed by atoms with van der Waals surface area (Å²) in [5, 5.41) is 2.59. The maximum absolute atomic E-state index is 12.9. The summed E-state index contributed by atoms with van der Waals surface area (Å²) in [6, 6.07) is 5.73. The van der Waals surface area contributed by atoms with Gasteiger partial charge in [0.2, 0.25) is 0 Å². The molecule has 3 aliphatic heterocycles. The number of fused-ring (bicyclic) bond motifs is 3. The van der Waals surface area contributed by atoms with E-state index in [1.807, 2.05) is 39.0 Å². The van der Waals surface area contributed by atoms with Crippen LogP contribution < -0.4 is 14.8 Å². The SMILES string of the molecule is CNC(=O)COc1cccc2c1O[C@](C)(CCC=C(C)C)[C@H]1C[C@]3(CO[C@H]21)CN(C(=O)OC(C)(C)C)CCO3. The molecule has 0 saturated carbocycles. The molecule has 3 heterocycles. The highest BCUT2D eigenvalue weighted by atomic mass is 16.6. The van der Waals surface area contributed by atoms with Gasteiger partial charge in [0.15, 0.2) is 18.1 Å². The van der Waals surface area contributed by atoms with E-state index in [-0.39, 0.29) is 30.6 Å². The van der Waals surface area contributed by atoms with Crippen LogP contribution in [0.2, 0.25) is 0 Å². The smallest absolute Gasteiger partial charge is 0.410 e. The van der Waals surface area contributed by atoms with Gasteiger partial charge in [-0.05, 0) is 66.9 Å². The molecule has 9 heteroatoms. The Labute approximate surface area is 232 Å². The molecule has 1 aromatic rings. The highest BCUT2D eigenvalue weighted by molar-refractivity contribution is 5.77. The van der Waals surface area contributed by atoms with Gasteiger partial charge in [-0.15, -0.1) is 0 Å². The number of para-hydroxylation sites is 1. The summed E-state index contributed by atoms with van der Waals surface area (Å²) in [7, 11) is 1.58. The van der Waals surface area contributed by atoms with Crippen LogP contribution >= 0.6 is 0 Å². The van der Waals surface area contributed by atoms with Crippen molar-refractivity contribution in [1.82, 2.24) is 10.2 Å². The van der Waals surface area contributed by atoms with Crippen LogP contribution in [0.4, 0.5) is 4.79 Å². The number of nitrogens with one attached hydrogen (secondary N) is 1. The number of hydrogen-bond donors (Lipinski definition) is 1. The molecule has 0 aromatic heterocycles. The molecule has 1 spiro atoms. The average Bonchev–Trinajstić information content (AvgIpc) is 2.86. The number of nitrogens with zero attached hydrogens (tertiary/aromatic N) is 1. The Hall–Kier alpha value is -2.78. The third-order valence-electron chi connectivity index (χ3n) is 7.65. The van der Waals surface area contributed by atoms with E-state index in [1.165, 1.54) is 5.57 Å². The minimum atomic E-state index is -0.651. The minimum Gasteiger partial charge on any atom is -0.483 e. The normalized spacial score (nSPS) is 28.0. The fourth-order valence-corrected chi connectivity index (χ4v) is 5.69. The molecule has 3 aliphatic rings. The van der Waals surface area contributed by atoms with E-state index >= 15 is 0 Å². The predicted octanol–water partition coefficient (Wildman–Crippen LogP) is 4.79. The molecular formula is C30H44N2O7. The summed E-state index contributed by atoms with van der Waals surface area (Å²) in [4.78, 5) is 26.5. The van der Waals surface area contributed by atoms with E-state index in [4.69, 9.17) is 23.7 Å². The van der Waals surface area contributed by atoms with Gasteiger partial charge in [0.25, 0.3) is 5.91 Å². The van der Waals surface area contributed by atoms with Crippen LogP contribution in [0.15, 0.2) is 29.8 Å². The van der Waals surface area contributed by atoms with Crippen molar-refractivity contribution in [2.75, 3.05) is 40.0 Å². The van der Waals surface area contributed by atoms with E-state index in [0.29, 0.717) is 44.2 Å². The van der Waals surface area contributed by atoms with Gasteiger partial charge in [-0.2, -0.15) is 0 Å². The van der Waals surface area contributed by atoms with Gasteiger partial charge in [0.05, 0.1) is 25.9 Å². The monoisotopic (exact) mass is 544 g/mol. The second kappa shape index (κ2) is 11.4. The molecule has 39 heavy (non-hydrogen) atoms. The Morgan fingerprint density at radius 1 is 1.26 bits per heavy atom. The number of rotatable bonds is 6. The van der Waals surface area contributed by atoms with Crippen LogP contribution in [0, 0.1) is 5.92 Å². The van der Waals surface area contributed by atoms with Crippen LogP contribution in [0.5, 0.6) is 11.5 Å². The predicted molar refractivity (Wildman–Crippen MR) is 147 cm³/mol. The Kier molecular flexibility index (Phi) is 8.52. The van der Waals surface area contributed by atoms with Gasteiger partial charge < -0.3 is 33.9 Å². The van der Waals surface area contributed by atoms with Crippen molar-refractivity contribution in [3.8, 4) is 11.5 Å². The number of allylic oxidation sites excluding steroid dienone is 2. The van der Waals surface area contributed by atoms with E-state index in [2.05, 4.69) is 32.2 Å². The van der Waals surface area contributed by atoms with E-state index in [0.717, 1.165) is 18.4 Å². The van der Waals surface area contributed by atoms with Crippen LogP contribution in [-0.2, 0) is 19.0 Å². The third kappa shape index (κ3) is 6.69. The number of hydrogen-bond acceptors (Lipinski definition) is 7. The molecule has 0 radical (unpaired) electrons. The Morgan fingerprint density at radius 2 is 2.03 bits per heavy atom. The molecule has 9 nitrogen and oxygen atoms in total. The molecule has 4 rings (SSSR count). The molecule has 1 N–H and O–H groups in total. The molecule has 1 aromatic carbocycles. The van der Waals surface area contributed by atoms with Crippen molar-refractivity contribution in [3.05, 3.63) is 35.4 Å². The number of morpholine rings is 1. The second-order valence-corrected chi connectivity index (χ2v) is 12.3. The van der Waals surface area contributed by atoms with Crippen molar-refractivity contribution in [1.29, 1.82) is 0 Å². The lowest BCUT2D eigenvalue weighted by molar-refractivity contribution is -0.231. The third-order valence-corrected chi connectivity index (χ3v) is 7.65. The number of ether oxygens (including phenoxy) is 5. The average molecular weight is 545 g/mol. The van der Waals surface area contributed by atoms with Crippen LogP contribution in [0.3, 0.4) is 0 Å². The van der Waals surface area contributed by atoms with Crippen molar-refractivity contribution < 1.29 is 33.3 Å². The highest BCUT2D eigenvalue weighted by Crippen LogP contribution is 2.55. The van der Waals surface area contributed by atoms with E-state index in [1.54, 1.807) is 11.9 Å². The fraction of sp³-hybridized carbons (Fsp3) is 0.667. The summed E-state index contributed by atoms with van der Waals surface area (Å²) in [6.45, 7) is 13.5. The highest BCUT2D eigenvalue weighted by Gasteiger charge is 2.56. The number of amides is 2. The Bertz CT molecular complexity index is 1090. The summed E-state index contributed by atoms with van der Waals surface area (Å²) >= 11 is 0. The van der Waals surface area contributed by atoms with Gasteiger partial charge in [0.1, 0.15) is 16.8 Å². The first kappa shape index (κ1) is 29.2. The fourth-order valence-electron chi connectivity index (χ4n) is 5.69. The number of benzene rings is 1. The number of carbonyl (C=O) groups is 2. The zero-order valence-corrected chi connectivity index (χ0v) is 24.4. The Balaban J connectivity index is 1.63. The van der Waals surface area contributed by atoms with E-state index < -0.39 is 16.8 Å². The minimum absolute atomic E-state index is 0.0305. The van der Waals surface area contributed by atoms with Crippen molar-refractivity contribution in [2.45, 2.75) is 83.7 Å². The quantitative estimate of drug-likeness (QED) is 0.515. The van der Waals surface area contributed by atoms with Crippen LogP contribution in [0.1, 0.15) is 72.5 Å². The first-order chi connectivity index (χ1) is 18.3. The summed E-state index contributed by atoms with van der Waals surface area (Å²) in [6.07, 6.45) is 3.93. The van der Waals surface area contributed by atoms with Gasteiger partial charge >= 0.3 is 6.09 Å². The molecule has 216 valence electrons. The van der Waals surface area contributed by atoms with Gasteiger partial charge in [0, 0.05) is 25.1 Å². The lowest BCUT2D eigenvalue weighted by atomic mass is 9.69. The number of likely N-dealkylation sites (N-methyl/N-ethyl adjacent to an activating group) is 1. The molecule has 2 fully saturated rings. The molecule has 0 bridgehead atoms. The lowest BCUT2D eigenvalue weighted by Gasteiger charge is -2.55. The summed E-state index contributed by atoms with van der Waals surface area (Å²) in [5.74, 6) is 0.902. The first-order valence-electron chi connectivity index (χ1n) is 13.9. The first-order valence-corrected chi connectivity index (χ1v) is 13.9. The zero-order chi connectivity index (χ0) is 28.4. The van der Waals surface area contributed by atoms with Gasteiger partial charge in [-0.25, -0.2) is 4.79 Å². The van der Waals surface area contributed by atoms with Crippen LogP contribution in [0.25, 0.3) is 0 Å². The molecular weight excluding hydrogens is 500 g/mol. The summed E-state index contributed by atoms with van der Waals surface area (Å²) < 4.78 is 31.4. The van der Waals surface area contributed by atoms with Crippen molar-refractivity contribution in [2.24, 2.45) is 5.92 Å². The maximum atomic E-state index is 12.9. The van der Waals surface area contributed by atoms with Crippen molar-refractivity contribution >= 4 is 12.0 Å². The molecule has 0 unspecified atom stereocenters. The number of carbonyl (C=O) groups excluding carboxylic acids is 2. The second-order valence-electron chi connectivity index (χ2n) is 12.3. The zero-order valence-electron chi connectivity index (χ0n) is 24.4. The largest absolute Gasteiger partial charge is 0.483 e. The topological polar surface area (TPSA) is 95.6 Å². The standard InChI is InChI=1S/C30H44N2O7/c1-20(2)10-9-13-29(6)22-16-30(18-32(14-15-37-30)27(34)39-28(3,4)5)19-36-25(22)21-11-8-12-23(26(21)38-29)35-17-24(33)31-7/h8,10-12,22,25H,9,13-19H2,1-7H3,(H,31,33)/t22-,25+,29+,30+/m0/s1. The molecule has 2 amide bonds. The summed E-state index contributed by atoms with van der Waals surface area (Å²) in [5.41, 5.74) is 0.340. The van der Waals surface area contributed by atoms with Gasteiger partial charge in [-0.3, -0.25) is 4.79 Å². The van der Waals surface area contributed by atoms with E-state index in [9.17, 15) is 9.59 Å². The maximum Gasteiger partial charge on any atom is 0.410 e. The van der Waals surface area contributed by atoms with Crippen LogP contribution in [-0.4, -0.2) is 73.7 Å². The molecule has 0 aliphatic carbocycles. The lowest BCUT2D eigenvalue weighted by Crippen LogP contribution is -2.63. The molecule has 4 atom stereocenters. The Morgan fingerprint density at radius 3 is 2.72 bits per heavy atom.